The van der Waals surface area contributed by atoms with Crippen LogP contribution in [0.2, 0.25) is 0 Å². The van der Waals surface area contributed by atoms with Crippen molar-refractivity contribution in [3.05, 3.63) is 23.8 Å². The summed E-state index contributed by atoms with van der Waals surface area (Å²) in [5, 5.41) is 9.18. The number of aliphatic carboxylic acids is 1. The van der Waals surface area contributed by atoms with Crippen LogP contribution in [0.3, 0.4) is 0 Å². The molecule has 0 saturated carbocycles. The van der Waals surface area contributed by atoms with Crippen molar-refractivity contribution in [1.82, 2.24) is 0 Å². The number of ketones is 1. The highest BCUT2D eigenvalue weighted by Crippen LogP contribution is 2.34. The molecule has 1 unspecified atom stereocenters. The van der Waals surface area contributed by atoms with Crippen molar-refractivity contribution in [3.63, 3.8) is 0 Å². The monoisotopic (exact) mass is 308 g/mol. The first-order valence-corrected chi connectivity index (χ1v) is 7.51. The van der Waals surface area contributed by atoms with Crippen molar-refractivity contribution in [3.8, 4) is 0 Å². The fraction of sp³-hybridized carbons (Fsp3) is 0.588. The fourth-order valence-electron chi connectivity index (χ4n) is 2.76. The molecule has 22 heavy (non-hydrogen) atoms. The van der Waals surface area contributed by atoms with Crippen LogP contribution in [0.5, 0.6) is 0 Å². The van der Waals surface area contributed by atoms with Gasteiger partial charge in [-0.15, -0.1) is 0 Å². The van der Waals surface area contributed by atoms with Gasteiger partial charge in [0, 0.05) is 24.8 Å². The molecule has 1 rings (SSSR count). The van der Waals surface area contributed by atoms with Gasteiger partial charge >= 0.3 is 11.9 Å². The largest absolute Gasteiger partial charge is 0.478 e. The molecule has 0 aromatic heterocycles. The van der Waals surface area contributed by atoms with Gasteiger partial charge < -0.3 is 14.6 Å². The predicted octanol–water partition coefficient (Wildman–Crippen LogP) is 2.90. The lowest BCUT2D eigenvalue weighted by atomic mass is 9.89. The molecule has 0 aliphatic heterocycles. The Kier molecular flexibility index (Phi) is 6.53. The molecule has 0 aromatic rings. The zero-order valence-corrected chi connectivity index (χ0v) is 13.4. The van der Waals surface area contributed by atoms with Crippen molar-refractivity contribution in [2.75, 3.05) is 0 Å². The van der Waals surface area contributed by atoms with Crippen LogP contribution in [0, 0.1) is 11.8 Å². The Balaban J connectivity index is 3.06. The lowest BCUT2D eigenvalue weighted by Gasteiger charge is -2.23. The summed E-state index contributed by atoms with van der Waals surface area (Å²) in [5.41, 5.74) is 1.10. The maximum atomic E-state index is 11.3. The van der Waals surface area contributed by atoms with Gasteiger partial charge in [-0.2, -0.15) is 0 Å². The Hall–Kier alpha value is -1.91. The molecule has 5 nitrogen and oxygen atoms in total. The smallest absolute Gasteiger partial charge is 0.331 e. The molecule has 0 amide bonds. The van der Waals surface area contributed by atoms with E-state index < -0.39 is 24.0 Å². The number of carbonyl (C=O) groups excluding carboxylic acids is 2. The standard InChI is InChI=1S/C17H24O5/c1-10-5-8-15(12(3)17(20)21)16(22-13(4)19)9-14(10)7-6-11(2)18/h9-10,15-16H,3,5-8H2,1-2,4H3,(H,20,21)/t10-,15?,16+/m0/s1. The molecule has 1 aliphatic carbocycles. The molecule has 1 aliphatic rings. The van der Waals surface area contributed by atoms with Crippen LogP contribution >= 0.6 is 0 Å². The first kappa shape index (κ1) is 18.1. The molecular weight excluding hydrogens is 284 g/mol. The SMILES string of the molecule is C=C(C(=O)O)C1CC[C@H](C)C(CCC(C)=O)=C[C@H]1OC(C)=O. The Bertz CT molecular complexity index is 503. The molecule has 3 atom stereocenters. The number of allylic oxidation sites excluding steroid dienone is 1. The average Bonchev–Trinajstić information content (AvgIpc) is 2.55. The zero-order valence-electron chi connectivity index (χ0n) is 13.4. The fourth-order valence-corrected chi connectivity index (χ4v) is 2.76. The summed E-state index contributed by atoms with van der Waals surface area (Å²) >= 11 is 0. The summed E-state index contributed by atoms with van der Waals surface area (Å²) in [5.74, 6) is -1.63. The predicted molar refractivity (Wildman–Crippen MR) is 82.2 cm³/mol. The number of esters is 1. The van der Waals surface area contributed by atoms with Crippen LogP contribution in [0.25, 0.3) is 0 Å². The van der Waals surface area contributed by atoms with Gasteiger partial charge in [0.25, 0.3) is 0 Å². The van der Waals surface area contributed by atoms with Gasteiger partial charge in [-0.1, -0.05) is 19.1 Å². The first-order valence-electron chi connectivity index (χ1n) is 7.51. The van der Waals surface area contributed by atoms with Crippen molar-refractivity contribution in [2.45, 2.75) is 52.6 Å². The van der Waals surface area contributed by atoms with Crippen molar-refractivity contribution in [2.24, 2.45) is 11.8 Å². The van der Waals surface area contributed by atoms with Crippen LogP contribution in [-0.4, -0.2) is 28.9 Å². The number of Topliss-reactive ketones (excluding diaryl/α,β-unsaturated/α-hetero) is 1. The third kappa shape index (κ3) is 5.13. The van der Waals surface area contributed by atoms with Gasteiger partial charge in [-0.05, 0) is 38.2 Å². The van der Waals surface area contributed by atoms with Gasteiger partial charge in [-0.25, -0.2) is 4.79 Å². The minimum atomic E-state index is -1.07. The average molecular weight is 308 g/mol. The van der Waals surface area contributed by atoms with E-state index in [9.17, 15) is 19.5 Å². The Morgan fingerprint density at radius 3 is 2.45 bits per heavy atom. The number of carboxylic acid groups (broad SMARTS) is 1. The quantitative estimate of drug-likeness (QED) is 0.463. The molecule has 0 fully saturated rings. The Labute approximate surface area is 131 Å². The van der Waals surface area contributed by atoms with E-state index in [4.69, 9.17) is 4.74 Å². The normalized spacial score (nSPS) is 24.9. The van der Waals surface area contributed by atoms with Crippen LogP contribution in [0.1, 0.15) is 46.5 Å². The highest BCUT2D eigenvalue weighted by atomic mass is 16.5. The second kappa shape index (κ2) is 7.92. The number of rotatable bonds is 6. The van der Waals surface area contributed by atoms with Crippen LogP contribution in [0.4, 0.5) is 0 Å². The number of carbonyl (C=O) groups is 3. The zero-order chi connectivity index (χ0) is 16.9. The van der Waals surface area contributed by atoms with Gasteiger partial charge in [0.1, 0.15) is 11.9 Å². The lowest BCUT2D eigenvalue weighted by molar-refractivity contribution is -0.147. The van der Waals surface area contributed by atoms with E-state index in [1.807, 2.05) is 13.0 Å². The number of hydrogen-bond donors (Lipinski definition) is 1. The lowest BCUT2D eigenvalue weighted by Crippen LogP contribution is -2.27. The van der Waals surface area contributed by atoms with Crippen molar-refractivity contribution >= 4 is 17.7 Å². The van der Waals surface area contributed by atoms with E-state index in [1.54, 1.807) is 6.92 Å². The van der Waals surface area contributed by atoms with Crippen LogP contribution < -0.4 is 0 Å². The summed E-state index contributed by atoms with van der Waals surface area (Å²) in [7, 11) is 0. The minimum absolute atomic E-state index is 0.0579. The van der Waals surface area contributed by atoms with E-state index in [2.05, 4.69) is 6.58 Å². The van der Waals surface area contributed by atoms with E-state index in [0.717, 1.165) is 12.0 Å². The summed E-state index contributed by atoms with van der Waals surface area (Å²) in [6.45, 7) is 8.52. The molecule has 0 spiro atoms. The first-order chi connectivity index (χ1) is 10.2. The molecule has 1 N–H and O–H groups in total. The number of ether oxygens (including phenoxy) is 1. The van der Waals surface area contributed by atoms with E-state index in [1.165, 1.54) is 6.92 Å². The van der Waals surface area contributed by atoms with Gasteiger partial charge in [0.15, 0.2) is 0 Å². The molecule has 0 aromatic carbocycles. The minimum Gasteiger partial charge on any atom is -0.478 e. The molecular formula is C17H24O5. The van der Waals surface area contributed by atoms with Gasteiger partial charge in [0.2, 0.25) is 0 Å². The highest BCUT2D eigenvalue weighted by molar-refractivity contribution is 5.86. The third-order valence-corrected chi connectivity index (χ3v) is 4.11. The van der Waals surface area contributed by atoms with Gasteiger partial charge in [-0.3, -0.25) is 4.79 Å². The van der Waals surface area contributed by atoms with Crippen molar-refractivity contribution in [1.29, 1.82) is 0 Å². The van der Waals surface area contributed by atoms with Gasteiger partial charge in [0.05, 0.1) is 0 Å². The Morgan fingerprint density at radius 1 is 1.32 bits per heavy atom. The maximum Gasteiger partial charge on any atom is 0.331 e. The topological polar surface area (TPSA) is 80.7 Å². The Morgan fingerprint density at radius 2 is 1.95 bits per heavy atom. The highest BCUT2D eigenvalue weighted by Gasteiger charge is 2.32. The summed E-state index contributed by atoms with van der Waals surface area (Å²) < 4.78 is 5.32. The van der Waals surface area contributed by atoms with Crippen LogP contribution in [0.15, 0.2) is 23.8 Å². The summed E-state index contributed by atoms with van der Waals surface area (Å²) in [6.07, 6.45) is 3.60. The van der Waals surface area contributed by atoms with E-state index in [-0.39, 0.29) is 17.3 Å². The molecule has 0 bridgehead atoms. The molecule has 122 valence electrons. The molecule has 0 heterocycles. The van der Waals surface area contributed by atoms with Crippen molar-refractivity contribution < 1.29 is 24.2 Å². The summed E-state index contributed by atoms with van der Waals surface area (Å²) in [6, 6.07) is 0. The van der Waals surface area contributed by atoms with E-state index >= 15 is 0 Å². The second-order valence-electron chi connectivity index (χ2n) is 5.93. The number of hydrogen-bond acceptors (Lipinski definition) is 4. The molecule has 0 radical (unpaired) electrons. The van der Waals surface area contributed by atoms with E-state index in [0.29, 0.717) is 19.3 Å². The second-order valence-corrected chi connectivity index (χ2v) is 5.93. The molecule has 0 saturated heterocycles. The third-order valence-electron chi connectivity index (χ3n) is 4.11. The number of carboxylic acids is 1. The maximum absolute atomic E-state index is 11.3. The summed E-state index contributed by atoms with van der Waals surface area (Å²) in [4.78, 5) is 33.7. The molecule has 5 heteroatoms. The van der Waals surface area contributed by atoms with Crippen LogP contribution in [-0.2, 0) is 19.1 Å².